The topological polar surface area (TPSA) is 85.2 Å². The molecule has 0 aliphatic carbocycles. The molecule has 1 aliphatic rings. The number of methoxy groups -OCH3 is 1. The lowest BCUT2D eigenvalue weighted by Crippen LogP contribution is -2.37. The number of rotatable bonds is 7. The summed E-state index contributed by atoms with van der Waals surface area (Å²) >= 11 is 0. The van der Waals surface area contributed by atoms with E-state index in [-0.39, 0.29) is 0 Å². The molecule has 0 amide bonds. The van der Waals surface area contributed by atoms with Gasteiger partial charge in [-0.25, -0.2) is 4.79 Å². The van der Waals surface area contributed by atoms with Gasteiger partial charge in [-0.05, 0) is 6.42 Å². The summed E-state index contributed by atoms with van der Waals surface area (Å²) in [6.07, 6.45) is 3.11. The van der Waals surface area contributed by atoms with Crippen LogP contribution in [0.25, 0.3) is 0 Å². The van der Waals surface area contributed by atoms with Crippen molar-refractivity contribution >= 4 is 5.97 Å². The second-order valence-corrected chi connectivity index (χ2v) is 4.21. The minimum Gasteiger partial charge on any atom is -0.455 e. The predicted molar refractivity (Wildman–Crippen MR) is 64.9 cm³/mol. The molecule has 18 heavy (non-hydrogen) atoms. The summed E-state index contributed by atoms with van der Waals surface area (Å²) < 4.78 is 9.74. The van der Waals surface area contributed by atoms with Gasteiger partial charge in [0.2, 0.25) is 0 Å². The van der Waals surface area contributed by atoms with E-state index in [4.69, 9.17) is 9.47 Å². The maximum absolute atomic E-state index is 11.3. The largest absolute Gasteiger partial charge is 0.455 e. The number of carbonyl (C=O) groups excluding carboxylic acids is 1. The molecule has 1 heterocycles. The van der Waals surface area contributed by atoms with Crippen LogP contribution < -0.4 is 0 Å². The fourth-order valence-electron chi connectivity index (χ4n) is 1.85. The minimum absolute atomic E-state index is 0.661. The third-order valence-electron chi connectivity index (χ3n) is 2.90. The Hall–Kier alpha value is -1.27. The van der Waals surface area contributed by atoms with Crippen LogP contribution in [0.3, 0.4) is 0 Å². The fourth-order valence-corrected chi connectivity index (χ4v) is 1.85. The maximum Gasteiger partial charge on any atom is 0.338 e. The number of carbonyl (C=O) groups is 1. The lowest BCUT2D eigenvalue weighted by Gasteiger charge is -2.16. The van der Waals surface area contributed by atoms with Crippen molar-refractivity contribution < 1.29 is 19.4 Å². The molecule has 0 saturated carbocycles. The molecule has 0 aromatic carbocycles. The molecular weight excluding hydrogens is 238 g/mol. The van der Waals surface area contributed by atoms with Gasteiger partial charge >= 0.3 is 5.97 Å². The first-order chi connectivity index (χ1) is 8.65. The van der Waals surface area contributed by atoms with Gasteiger partial charge in [0.1, 0.15) is 12.1 Å². The lowest BCUT2D eigenvalue weighted by atomic mass is 10.0. The molecule has 1 saturated heterocycles. The van der Waals surface area contributed by atoms with Crippen molar-refractivity contribution in [2.45, 2.75) is 50.5 Å². The summed E-state index contributed by atoms with van der Waals surface area (Å²) in [6.45, 7) is 2.06. The van der Waals surface area contributed by atoms with Crippen LogP contribution in [0.1, 0.15) is 26.2 Å². The molecule has 6 nitrogen and oxygen atoms in total. The number of nitroso groups, excluding NO2 is 1. The summed E-state index contributed by atoms with van der Waals surface area (Å²) in [7, 11) is 1.30. The van der Waals surface area contributed by atoms with Crippen molar-refractivity contribution in [3.63, 3.8) is 0 Å². The van der Waals surface area contributed by atoms with Crippen LogP contribution in [0.4, 0.5) is 0 Å². The first kappa shape index (κ1) is 14.8. The number of hydrogen-bond acceptors (Lipinski definition) is 6. The van der Waals surface area contributed by atoms with E-state index in [0.29, 0.717) is 0 Å². The van der Waals surface area contributed by atoms with E-state index in [1.807, 2.05) is 6.08 Å². The fraction of sp³-hybridized carbons (Fsp3) is 0.750. The molecular formula is C12H19NO5. The van der Waals surface area contributed by atoms with Gasteiger partial charge in [0, 0.05) is 7.11 Å². The Balaban J connectivity index is 2.63. The van der Waals surface area contributed by atoms with Gasteiger partial charge in [0.15, 0.2) is 12.2 Å². The molecule has 0 unspecified atom stereocenters. The lowest BCUT2D eigenvalue weighted by molar-refractivity contribution is -0.148. The van der Waals surface area contributed by atoms with Crippen LogP contribution in [0, 0.1) is 4.91 Å². The summed E-state index contributed by atoms with van der Waals surface area (Å²) in [5.41, 5.74) is 0. The van der Waals surface area contributed by atoms with Crippen molar-refractivity contribution in [3.8, 4) is 0 Å². The highest BCUT2D eigenvalue weighted by atomic mass is 16.6. The molecule has 4 atom stereocenters. The Morgan fingerprint density at radius 3 is 2.83 bits per heavy atom. The number of esters is 1. The Morgan fingerprint density at radius 1 is 1.61 bits per heavy atom. The summed E-state index contributed by atoms with van der Waals surface area (Å²) in [5.74, 6) is -0.661. The Kier molecular flexibility index (Phi) is 5.94. The molecule has 1 fully saturated rings. The second-order valence-electron chi connectivity index (χ2n) is 4.21. The normalized spacial score (nSPS) is 29.5. The van der Waals surface area contributed by atoms with Gasteiger partial charge in [-0.3, -0.25) is 0 Å². The first-order valence-corrected chi connectivity index (χ1v) is 6.06. The van der Waals surface area contributed by atoms with Gasteiger partial charge in [0.25, 0.3) is 0 Å². The van der Waals surface area contributed by atoms with Crippen LogP contribution in [0.2, 0.25) is 0 Å². The zero-order valence-corrected chi connectivity index (χ0v) is 10.6. The molecule has 0 aromatic heterocycles. The van der Waals surface area contributed by atoms with Crippen molar-refractivity contribution in [1.29, 1.82) is 0 Å². The third-order valence-corrected chi connectivity index (χ3v) is 2.90. The summed E-state index contributed by atoms with van der Waals surface area (Å²) in [4.78, 5) is 22.1. The van der Waals surface area contributed by atoms with Crippen LogP contribution in [0.5, 0.6) is 0 Å². The molecule has 6 heteroatoms. The van der Waals surface area contributed by atoms with Gasteiger partial charge in [-0.1, -0.05) is 37.1 Å². The monoisotopic (exact) mass is 257 g/mol. The number of allylic oxidation sites excluding steroid dienone is 1. The van der Waals surface area contributed by atoms with E-state index < -0.39 is 30.3 Å². The second kappa shape index (κ2) is 7.23. The molecule has 0 radical (unpaired) electrons. The number of nitrogens with zero attached hydrogens (tertiary/aromatic N) is 1. The average Bonchev–Trinajstić information content (AvgIpc) is 2.65. The first-order valence-electron chi connectivity index (χ1n) is 6.06. The smallest absolute Gasteiger partial charge is 0.338 e. The van der Waals surface area contributed by atoms with E-state index >= 15 is 0 Å². The average molecular weight is 257 g/mol. The Bertz CT molecular complexity index is 318. The van der Waals surface area contributed by atoms with E-state index in [1.165, 1.54) is 7.11 Å². The number of aliphatic hydroxyl groups excluding tert-OH is 1. The van der Waals surface area contributed by atoms with Crippen LogP contribution in [0.15, 0.2) is 17.3 Å². The maximum atomic E-state index is 11.3. The van der Waals surface area contributed by atoms with Gasteiger partial charge in [-0.15, -0.1) is 0 Å². The highest BCUT2D eigenvalue weighted by Gasteiger charge is 2.47. The van der Waals surface area contributed by atoms with Crippen molar-refractivity contribution in [2.24, 2.45) is 5.18 Å². The van der Waals surface area contributed by atoms with E-state index in [0.717, 1.165) is 19.3 Å². The standard InChI is InChI=1S/C12H19NO5/c1-3-4-5-6-7-8(13-16)10-9(14)11(17-2)12(15)18-10/h6-11,14H,3-5H2,1-2H3/b7-6+/t8-,9-,10+,11-/m1/s1. The quantitative estimate of drug-likeness (QED) is 0.320. The third kappa shape index (κ3) is 3.36. The SMILES string of the molecule is CCCC/C=C/[C@@H](N=O)[C@@H]1OC(=O)[C@H](OC)[C@@H]1O. The molecule has 0 bridgehead atoms. The van der Waals surface area contributed by atoms with Crippen molar-refractivity contribution in [1.82, 2.24) is 0 Å². The molecule has 0 aromatic rings. The van der Waals surface area contributed by atoms with Gasteiger partial charge in [0.05, 0.1) is 0 Å². The van der Waals surface area contributed by atoms with E-state index in [9.17, 15) is 14.8 Å². The highest BCUT2D eigenvalue weighted by molar-refractivity contribution is 5.78. The molecule has 1 aliphatic heterocycles. The zero-order valence-electron chi connectivity index (χ0n) is 10.6. The summed E-state index contributed by atoms with van der Waals surface area (Å²) in [6, 6.07) is -0.874. The summed E-state index contributed by atoms with van der Waals surface area (Å²) in [5, 5.41) is 12.7. The van der Waals surface area contributed by atoms with E-state index in [2.05, 4.69) is 12.1 Å². The van der Waals surface area contributed by atoms with Crippen LogP contribution >= 0.6 is 0 Å². The molecule has 1 N–H and O–H groups in total. The molecule has 102 valence electrons. The van der Waals surface area contributed by atoms with Gasteiger partial charge in [-0.2, -0.15) is 4.91 Å². The minimum atomic E-state index is -1.17. The number of aliphatic hydroxyl groups is 1. The van der Waals surface area contributed by atoms with Crippen LogP contribution in [-0.2, 0) is 14.3 Å². The number of unbranched alkanes of at least 4 members (excludes halogenated alkanes) is 2. The van der Waals surface area contributed by atoms with Crippen molar-refractivity contribution in [3.05, 3.63) is 17.1 Å². The number of cyclic esters (lactones) is 1. The number of hydrogen-bond donors (Lipinski definition) is 1. The Morgan fingerprint density at radius 2 is 2.33 bits per heavy atom. The Labute approximate surface area is 106 Å². The van der Waals surface area contributed by atoms with Crippen LogP contribution in [-0.4, -0.2) is 42.5 Å². The van der Waals surface area contributed by atoms with Crippen molar-refractivity contribution in [2.75, 3.05) is 7.11 Å². The molecule has 0 spiro atoms. The predicted octanol–water partition coefficient (Wildman–Crippen LogP) is 1.17. The highest BCUT2D eigenvalue weighted by Crippen LogP contribution is 2.23. The molecule has 1 rings (SSSR count). The zero-order chi connectivity index (χ0) is 13.5. The van der Waals surface area contributed by atoms with E-state index in [1.54, 1.807) is 6.08 Å². The number of ether oxygens (including phenoxy) is 2. The van der Waals surface area contributed by atoms with Gasteiger partial charge < -0.3 is 14.6 Å².